The van der Waals surface area contributed by atoms with Crippen molar-refractivity contribution in [3.63, 3.8) is 0 Å². The number of aliphatic hydroxyl groups is 1. The van der Waals surface area contributed by atoms with Crippen LogP contribution in [-0.2, 0) is 19.1 Å². The molecule has 0 radical (unpaired) electrons. The second kappa shape index (κ2) is 12.7. The van der Waals surface area contributed by atoms with E-state index < -0.39 is 41.0 Å². The van der Waals surface area contributed by atoms with Crippen molar-refractivity contribution < 1.29 is 27.4 Å². The fourth-order valence-electron chi connectivity index (χ4n) is 4.49. The predicted octanol–water partition coefficient (Wildman–Crippen LogP) is 5.72. The van der Waals surface area contributed by atoms with E-state index in [2.05, 4.69) is 32.4 Å². The molecule has 1 aliphatic carbocycles. The summed E-state index contributed by atoms with van der Waals surface area (Å²) >= 11 is 5.88. The van der Waals surface area contributed by atoms with Gasteiger partial charge in [0.2, 0.25) is 0 Å². The average Bonchev–Trinajstić information content (AvgIpc) is 3.52. The number of halogens is 5. The Balaban J connectivity index is 1.30. The van der Waals surface area contributed by atoms with Gasteiger partial charge in [0.25, 0.3) is 0 Å². The number of allylic oxidation sites excluding steroid dienone is 3. The Morgan fingerprint density at radius 1 is 1.02 bits per heavy atom. The number of benzene rings is 2. The Bertz CT molecular complexity index is 1830. The Kier molecular flexibility index (Phi) is 8.76. The van der Waals surface area contributed by atoms with E-state index in [1.807, 2.05) is 0 Å². The summed E-state index contributed by atoms with van der Waals surface area (Å²) in [4.78, 5) is 3.85. The van der Waals surface area contributed by atoms with Crippen molar-refractivity contribution in [2.24, 2.45) is 0 Å². The van der Waals surface area contributed by atoms with E-state index in [9.17, 15) is 13.9 Å². The van der Waals surface area contributed by atoms with E-state index in [1.165, 1.54) is 18.2 Å². The van der Waals surface area contributed by atoms with Crippen LogP contribution in [0, 0.1) is 29.0 Å². The molecule has 2 aromatic heterocycles. The van der Waals surface area contributed by atoms with Gasteiger partial charge in [0.15, 0.2) is 5.60 Å². The molecular weight excluding hydrogens is 600 g/mol. The molecule has 1 atom stereocenters. The monoisotopic (exact) mass is 620 g/mol. The standard InChI is InChI=1S/C31H21ClF4N6O2/c32-24-8-11-26(28(34)14-24)30(43,18-42-19-39-40-41-42)31(35,36)29-12-6-21(16-38-29)2-1-20-4-9-25(10-5-20)44-17-22-3-7-23(15-37)27(33)13-22/h3-7,9-10,12-14,16,19,43H,8,11,17-18H2. The molecule has 0 amide bonds. The maximum Gasteiger partial charge on any atom is 0.323 e. The summed E-state index contributed by atoms with van der Waals surface area (Å²) in [6.45, 7) is -0.746. The van der Waals surface area contributed by atoms with Gasteiger partial charge in [0, 0.05) is 27.9 Å². The van der Waals surface area contributed by atoms with E-state index in [-0.39, 0.29) is 30.0 Å². The van der Waals surface area contributed by atoms with E-state index in [4.69, 9.17) is 21.6 Å². The maximum atomic E-state index is 16.0. The third-order valence-electron chi connectivity index (χ3n) is 6.84. The first-order valence-corrected chi connectivity index (χ1v) is 13.4. The smallest absolute Gasteiger partial charge is 0.323 e. The number of pyridine rings is 1. The number of hydrogen-bond donors (Lipinski definition) is 1. The topological polar surface area (TPSA) is 110 Å². The highest BCUT2D eigenvalue weighted by Crippen LogP contribution is 2.47. The molecule has 2 aromatic carbocycles. The van der Waals surface area contributed by atoms with Crippen LogP contribution in [0.1, 0.15) is 40.8 Å². The van der Waals surface area contributed by atoms with Crippen molar-refractivity contribution in [2.75, 3.05) is 0 Å². The zero-order valence-electron chi connectivity index (χ0n) is 22.7. The fourth-order valence-corrected chi connectivity index (χ4v) is 4.68. The van der Waals surface area contributed by atoms with Crippen LogP contribution in [0.15, 0.2) is 89.6 Å². The number of ether oxygens (including phenoxy) is 1. The van der Waals surface area contributed by atoms with Crippen molar-refractivity contribution in [2.45, 2.75) is 37.5 Å². The molecule has 0 saturated carbocycles. The molecule has 0 bridgehead atoms. The first-order chi connectivity index (χ1) is 21.1. The number of nitrogens with zero attached hydrogens (tertiary/aromatic N) is 6. The van der Waals surface area contributed by atoms with Crippen LogP contribution in [0.5, 0.6) is 5.75 Å². The Morgan fingerprint density at radius 3 is 2.41 bits per heavy atom. The van der Waals surface area contributed by atoms with Gasteiger partial charge in [-0.3, -0.25) is 4.98 Å². The van der Waals surface area contributed by atoms with E-state index >= 15 is 8.78 Å². The summed E-state index contributed by atoms with van der Waals surface area (Å²) in [7, 11) is 0. The van der Waals surface area contributed by atoms with Gasteiger partial charge >= 0.3 is 5.92 Å². The van der Waals surface area contributed by atoms with Crippen molar-refractivity contribution in [3.8, 4) is 23.7 Å². The number of tetrazole rings is 1. The SMILES string of the molecule is N#Cc1ccc(COc2ccc(C#Cc3ccc(C(F)(F)C(O)(Cn4cnnn4)C4=C(F)C=C(Cl)CC4)nc3)cc2)cc1F. The summed E-state index contributed by atoms with van der Waals surface area (Å²) in [5, 5.41) is 30.7. The van der Waals surface area contributed by atoms with Crippen molar-refractivity contribution >= 4 is 11.6 Å². The molecule has 1 aliphatic rings. The van der Waals surface area contributed by atoms with Crippen molar-refractivity contribution in [1.29, 1.82) is 5.26 Å². The van der Waals surface area contributed by atoms with Gasteiger partial charge in [-0.15, -0.1) is 5.10 Å². The highest BCUT2D eigenvalue weighted by molar-refractivity contribution is 6.29. The minimum absolute atomic E-state index is 0.0476. The molecule has 13 heteroatoms. The quantitative estimate of drug-likeness (QED) is 0.198. The predicted molar refractivity (Wildman–Crippen MR) is 150 cm³/mol. The minimum Gasteiger partial charge on any atom is -0.489 e. The van der Waals surface area contributed by atoms with Crippen LogP contribution in [-0.4, -0.2) is 35.9 Å². The molecule has 1 N–H and O–H groups in total. The van der Waals surface area contributed by atoms with Crippen LogP contribution in [0.4, 0.5) is 17.6 Å². The highest BCUT2D eigenvalue weighted by atomic mass is 35.5. The number of aromatic nitrogens is 5. The maximum absolute atomic E-state index is 16.0. The van der Waals surface area contributed by atoms with Gasteiger partial charge in [0.1, 0.15) is 42.1 Å². The second-order valence-electron chi connectivity index (χ2n) is 9.78. The zero-order valence-corrected chi connectivity index (χ0v) is 23.4. The average molecular weight is 621 g/mol. The first-order valence-electron chi connectivity index (χ1n) is 13.0. The molecule has 222 valence electrons. The van der Waals surface area contributed by atoms with Crippen LogP contribution in [0.2, 0.25) is 0 Å². The van der Waals surface area contributed by atoms with Crippen molar-refractivity contribution in [3.05, 3.63) is 123 Å². The lowest BCUT2D eigenvalue weighted by atomic mass is 9.80. The summed E-state index contributed by atoms with van der Waals surface area (Å²) < 4.78 is 67.1. The molecule has 0 spiro atoms. The molecule has 1 unspecified atom stereocenters. The first kappa shape index (κ1) is 30.4. The minimum atomic E-state index is -4.06. The second-order valence-corrected chi connectivity index (χ2v) is 10.3. The molecule has 44 heavy (non-hydrogen) atoms. The number of hydrogen-bond acceptors (Lipinski definition) is 7. The molecule has 8 nitrogen and oxygen atoms in total. The summed E-state index contributed by atoms with van der Waals surface area (Å²) in [5.74, 6) is 0.496. The molecule has 2 heterocycles. The lowest BCUT2D eigenvalue weighted by Crippen LogP contribution is -2.52. The lowest BCUT2D eigenvalue weighted by Gasteiger charge is -2.38. The van der Waals surface area contributed by atoms with Gasteiger partial charge in [0.05, 0.1) is 12.1 Å². The van der Waals surface area contributed by atoms with Gasteiger partial charge < -0.3 is 9.84 Å². The third kappa shape index (κ3) is 6.47. The van der Waals surface area contributed by atoms with E-state index in [0.717, 1.165) is 29.3 Å². The largest absolute Gasteiger partial charge is 0.489 e. The number of nitriles is 1. The zero-order chi connectivity index (χ0) is 31.3. The summed E-state index contributed by atoms with van der Waals surface area (Å²) in [6, 6.07) is 15.0. The molecule has 0 fully saturated rings. The molecule has 5 rings (SSSR count). The van der Waals surface area contributed by atoms with E-state index in [1.54, 1.807) is 36.4 Å². The molecule has 0 aliphatic heterocycles. The third-order valence-corrected chi connectivity index (χ3v) is 7.13. The van der Waals surface area contributed by atoms with Crippen LogP contribution < -0.4 is 4.74 Å². The lowest BCUT2D eigenvalue weighted by molar-refractivity contribution is -0.180. The molecule has 0 saturated heterocycles. The highest BCUT2D eigenvalue weighted by Gasteiger charge is 2.58. The van der Waals surface area contributed by atoms with Gasteiger partial charge in [-0.1, -0.05) is 29.5 Å². The summed E-state index contributed by atoms with van der Waals surface area (Å²) in [6.07, 6.45) is 2.90. The fraction of sp³-hybridized carbons (Fsp3) is 0.194. The number of alkyl halides is 2. The van der Waals surface area contributed by atoms with Crippen LogP contribution >= 0.6 is 11.6 Å². The Morgan fingerprint density at radius 2 is 1.77 bits per heavy atom. The van der Waals surface area contributed by atoms with E-state index in [0.29, 0.717) is 22.4 Å². The Hall–Kier alpha value is -5.04. The van der Waals surface area contributed by atoms with Gasteiger partial charge in [-0.05, 0) is 83.4 Å². The Labute approximate surface area is 253 Å². The number of rotatable bonds is 8. The molecular formula is C31H21ClF4N6O2. The van der Waals surface area contributed by atoms with Gasteiger partial charge in [-0.25, -0.2) is 13.5 Å². The molecule has 4 aromatic rings. The summed E-state index contributed by atoms with van der Waals surface area (Å²) in [5.41, 5.74) is -2.98. The van der Waals surface area contributed by atoms with Crippen LogP contribution in [0.25, 0.3) is 0 Å². The van der Waals surface area contributed by atoms with Crippen LogP contribution in [0.3, 0.4) is 0 Å². The van der Waals surface area contributed by atoms with Crippen molar-refractivity contribution in [1.82, 2.24) is 25.2 Å². The van der Waals surface area contributed by atoms with Gasteiger partial charge in [-0.2, -0.15) is 14.0 Å². The normalized spacial score (nSPS) is 14.6.